The number of ether oxygens (including phenoxy) is 2. The summed E-state index contributed by atoms with van der Waals surface area (Å²) in [6.45, 7) is 3.43. The number of nitrogens with zero attached hydrogens (tertiary/aromatic N) is 1. The number of carbonyl (C=O) groups is 1. The van der Waals surface area contributed by atoms with Crippen LogP contribution in [0.4, 0.5) is 5.69 Å². The highest BCUT2D eigenvalue weighted by Gasteiger charge is 2.24. The lowest BCUT2D eigenvalue weighted by molar-refractivity contribution is -0.113. The zero-order chi connectivity index (χ0) is 24.2. The van der Waals surface area contributed by atoms with Gasteiger partial charge in [0, 0.05) is 11.8 Å². The predicted molar refractivity (Wildman–Crippen MR) is 125 cm³/mol. The monoisotopic (exact) mass is 489 g/mol. The number of anilines is 1. The minimum Gasteiger partial charge on any atom is -0.493 e. The zero-order valence-electron chi connectivity index (χ0n) is 18.5. The van der Waals surface area contributed by atoms with Gasteiger partial charge in [0.05, 0.1) is 31.1 Å². The van der Waals surface area contributed by atoms with Crippen LogP contribution >= 0.6 is 11.8 Å². The summed E-state index contributed by atoms with van der Waals surface area (Å²) in [4.78, 5) is 30.9. The van der Waals surface area contributed by atoms with Crippen LogP contribution in [0, 0.1) is 13.8 Å². The van der Waals surface area contributed by atoms with Crippen molar-refractivity contribution >= 4 is 33.2 Å². The van der Waals surface area contributed by atoms with Crippen LogP contribution in [0.15, 0.2) is 62.3 Å². The van der Waals surface area contributed by atoms with E-state index in [9.17, 15) is 18.0 Å². The van der Waals surface area contributed by atoms with Gasteiger partial charge in [0.25, 0.3) is 5.56 Å². The van der Waals surface area contributed by atoms with Crippen LogP contribution in [0.3, 0.4) is 0 Å². The first-order valence-corrected chi connectivity index (χ1v) is 12.2. The van der Waals surface area contributed by atoms with Gasteiger partial charge in [-0.15, -0.1) is 0 Å². The Morgan fingerprint density at radius 2 is 1.79 bits per heavy atom. The van der Waals surface area contributed by atoms with Crippen LogP contribution in [-0.4, -0.2) is 44.3 Å². The second-order valence-electron chi connectivity index (χ2n) is 7.06. The van der Waals surface area contributed by atoms with Crippen molar-refractivity contribution in [1.82, 2.24) is 9.97 Å². The van der Waals surface area contributed by atoms with E-state index in [1.807, 2.05) is 0 Å². The minimum absolute atomic E-state index is 0.0552. The van der Waals surface area contributed by atoms with Crippen molar-refractivity contribution in [3.8, 4) is 11.5 Å². The number of rotatable bonds is 8. The molecule has 0 spiro atoms. The van der Waals surface area contributed by atoms with Crippen LogP contribution in [0.2, 0.25) is 0 Å². The fourth-order valence-electron chi connectivity index (χ4n) is 2.99. The first-order valence-electron chi connectivity index (χ1n) is 9.72. The fourth-order valence-corrected chi connectivity index (χ4v) is 5.18. The highest BCUT2D eigenvalue weighted by Crippen LogP contribution is 2.30. The Morgan fingerprint density at radius 3 is 2.45 bits per heavy atom. The molecular formula is C22H23N3O6S2. The number of aromatic nitrogens is 2. The predicted octanol–water partition coefficient (Wildman–Crippen LogP) is 2.97. The normalized spacial score (nSPS) is 11.2. The SMILES string of the molecule is COc1ccc(NC(=O)CSc2ncc(S(=O)(=O)c3cc(C)ccc3C)c(=O)[nH]2)cc1OC. The molecule has 0 bridgehead atoms. The number of aryl methyl sites for hydroxylation is 2. The maximum atomic E-state index is 13.0. The van der Waals surface area contributed by atoms with Gasteiger partial charge in [-0.25, -0.2) is 13.4 Å². The standard InChI is InChI=1S/C22H23N3O6S2/c1-13-5-6-14(2)18(9-13)33(28,29)19-11-23-22(25-21(19)27)32-12-20(26)24-15-7-8-16(30-3)17(10-15)31-4/h5-11H,12H2,1-4H3,(H,24,26)(H,23,25,27). The van der Waals surface area contributed by atoms with Crippen LogP contribution in [0.1, 0.15) is 11.1 Å². The summed E-state index contributed by atoms with van der Waals surface area (Å²) >= 11 is 0.971. The minimum atomic E-state index is -4.04. The summed E-state index contributed by atoms with van der Waals surface area (Å²) in [6, 6.07) is 9.95. The smallest absolute Gasteiger partial charge is 0.270 e. The Kier molecular flexibility index (Phi) is 7.44. The van der Waals surface area contributed by atoms with E-state index in [4.69, 9.17) is 9.47 Å². The zero-order valence-corrected chi connectivity index (χ0v) is 20.1. The third kappa shape index (κ3) is 5.55. The number of nitrogens with one attached hydrogen (secondary N) is 2. The Labute approximate surface area is 195 Å². The molecule has 174 valence electrons. The number of carbonyl (C=O) groups excluding carboxylic acids is 1. The van der Waals surface area contributed by atoms with Gasteiger partial charge in [-0.2, -0.15) is 0 Å². The molecule has 0 unspecified atom stereocenters. The first-order chi connectivity index (χ1) is 15.6. The summed E-state index contributed by atoms with van der Waals surface area (Å²) in [7, 11) is -1.04. The highest BCUT2D eigenvalue weighted by atomic mass is 32.2. The molecule has 0 saturated heterocycles. The van der Waals surface area contributed by atoms with Crippen LogP contribution in [0.25, 0.3) is 0 Å². The Balaban J connectivity index is 1.71. The quantitative estimate of drug-likeness (QED) is 0.365. The number of aromatic amines is 1. The molecule has 2 aromatic carbocycles. The topological polar surface area (TPSA) is 127 Å². The second-order valence-corrected chi connectivity index (χ2v) is 9.91. The van der Waals surface area contributed by atoms with Crippen molar-refractivity contribution in [2.24, 2.45) is 0 Å². The third-order valence-corrected chi connectivity index (χ3v) is 7.45. The summed E-state index contributed by atoms with van der Waals surface area (Å²) in [5.41, 5.74) is 1.00. The van der Waals surface area contributed by atoms with Crippen LogP contribution < -0.4 is 20.3 Å². The molecule has 1 amide bonds. The molecule has 0 aliphatic carbocycles. The van der Waals surface area contributed by atoms with Gasteiger partial charge >= 0.3 is 0 Å². The molecule has 2 N–H and O–H groups in total. The van der Waals surface area contributed by atoms with E-state index in [2.05, 4.69) is 15.3 Å². The number of amides is 1. The molecule has 0 saturated carbocycles. The van der Waals surface area contributed by atoms with Crippen molar-refractivity contribution < 1.29 is 22.7 Å². The number of sulfone groups is 1. The van der Waals surface area contributed by atoms with E-state index in [0.717, 1.165) is 23.5 Å². The van der Waals surface area contributed by atoms with Gasteiger partial charge in [0.2, 0.25) is 15.7 Å². The summed E-state index contributed by atoms with van der Waals surface area (Å²) in [5.74, 6) is 0.597. The number of benzene rings is 2. The van der Waals surface area contributed by atoms with E-state index in [1.54, 1.807) is 44.2 Å². The number of hydrogen-bond acceptors (Lipinski definition) is 8. The molecule has 33 heavy (non-hydrogen) atoms. The number of hydrogen-bond donors (Lipinski definition) is 2. The lowest BCUT2D eigenvalue weighted by atomic mass is 10.2. The van der Waals surface area contributed by atoms with E-state index in [1.165, 1.54) is 20.3 Å². The van der Waals surface area contributed by atoms with Gasteiger partial charge in [-0.3, -0.25) is 9.59 Å². The largest absolute Gasteiger partial charge is 0.493 e. The number of H-pyrrole nitrogens is 1. The van der Waals surface area contributed by atoms with Crippen molar-refractivity contribution in [3.63, 3.8) is 0 Å². The molecule has 9 nitrogen and oxygen atoms in total. The molecule has 3 aromatic rings. The van der Waals surface area contributed by atoms with Crippen LogP contribution in [-0.2, 0) is 14.6 Å². The molecular weight excluding hydrogens is 466 g/mol. The molecule has 11 heteroatoms. The maximum absolute atomic E-state index is 13.0. The molecule has 3 rings (SSSR count). The number of methoxy groups -OCH3 is 2. The van der Waals surface area contributed by atoms with Gasteiger partial charge in [0.1, 0.15) is 0 Å². The van der Waals surface area contributed by atoms with Crippen molar-refractivity contribution in [3.05, 3.63) is 64.1 Å². The van der Waals surface area contributed by atoms with Gasteiger partial charge in [-0.05, 0) is 43.2 Å². The maximum Gasteiger partial charge on any atom is 0.270 e. The summed E-state index contributed by atoms with van der Waals surface area (Å²) < 4.78 is 36.3. The lowest BCUT2D eigenvalue weighted by Gasteiger charge is -2.10. The Bertz CT molecular complexity index is 1350. The molecule has 1 heterocycles. The van der Waals surface area contributed by atoms with E-state index in [-0.39, 0.29) is 21.7 Å². The van der Waals surface area contributed by atoms with Gasteiger partial charge in [-0.1, -0.05) is 23.9 Å². The van der Waals surface area contributed by atoms with E-state index in [0.29, 0.717) is 22.7 Å². The molecule has 1 aromatic heterocycles. The van der Waals surface area contributed by atoms with E-state index < -0.39 is 20.3 Å². The molecule has 0 fully saturated rings. The van der Waals surface area contributed by atoms with E-state index >= 15 is 0 Å². The second kappa shape index (κ2) is 10.1. The average molecular weight is 490 g/mol. The molecule has 0 radical (unpaired) electrons. The van der Waals surface area contributed by atoms with Crippen LogP contribution in [0.5, 0.6) is 11.5 Å². The van der Waals surface area contributed by atoms with Crippen molar-refractivity contribution in [2.75, 3.05) is 25.3 Å². The lowest BCUT2D eigenvalue weighted by Crippen LogP contribution is -2.20. The highest BCUT2D eigenvalue weighted by molar-refractivity contribution is 7.99. The number of thioether (sulfide) groups is 1. The summed E-state index contributed by atoms with van der Waals surface area (Å²) in [6.07, 6.45) is 1.02. The fraction of sp³-hybridized carbons (Fsp3) is 0.227. The molecule has 0 atom stereocenters. The van der Waals surface area contributed by atoms with Crippen molar-refractivity contribution in [2.45, 2.75) is 28.8 Å². The van der Waals surface area contributed by atoms with Gasteiger partial charge < -0.3 is 19.8 Å². The summed E-state index contributed by atoms with van der Waals surface area (Å²) in [5, 5.41) is 2.84. The molecule has 0 aliphatic rings. The average Bonchev–Trinajstić information content (AvgIpc) is 2.79. The molecule has 0 aliphatic heterocycles. The van der Waals surface area contributed by atoms with Gasteiger partial charge in [0.15, 0.2) is 21.6 Å². The first kappa shape index (κ1) is 24.3. The third-order valence-electron chi connectivity index (χ3n) is 4.67. The Hall–Kier alpha value is -3.31. The van der Waals surface area contributed by atoms with Crippen molar-refractivity contribution in [1.29, 1.82) is 0 Å². The Morgan fingerprint density at radius 1 is 1.06 bits per heavy atom.